The zero-order chi connectivity index (χ0) is 50.1. The number of nitrogens with one attached hydrogen (secondary N) is 1. The zero-order valence-corrected chi connectivity index (χ0v) is 44.2. The fraction of sp³-hybridized carbons (Fsp3) is 0.944. The summed E-state index contributed by atoms with van der Waals surface area (Å²) in [5.41, 5.74) is 0. The summed E-state index contributed by atoms with van der Waals surface area (Å²) in [4.78, 5) is 23.6. The first-order valence-corrected chi connectivity index (χ1v) is 29.7. The van der Waals surface area contributed by atoms with E-state index in [-0.39, 0.29) is 12.8 Å². The molecular formula is C54H106NO12P. The molecule has 0 aromatic heterocycles. The largest absolute Gasteiger partial charge is 0.472 e. The topological polar surface area (TPSA) is 226 Å². The minimum absolute atomic E-state index is 0.224. The van der Waals surface area contributed by atoms with Gasteiger partial charge in [0.2, 0.25) is 5.91 Å². The smallest absolute Gasteiger partial charge is 0.393 e. The van der Waals surface area contributed by atoms with E-state index in [0.717, 1.165) is 70.6 Å². The number of carbonyl (C=O) groups is 1. The van der Waals surface area contributed by atoms with Crippen LogP contribution < -0.4 is 5.32 Å². The van der Waals surface area contributed by atoms with Gasteiger partial charge in [0.05, 0.1) is 31.3 Å². The van der Waals surface area contributed by atoms with Crippen LogP contribution in [-0.2, 0) is 18.4 Å². The van der Waals surface area contributed by atoms with Gasteiger partial charge in [0.15, 0.2) is 0 Å². The Hall–Kier alpha value is -0.960. The Balaban J connectivity index is 2.41. The van der Waals surface area contributed by atoms with Crippen LogP contribution in [0.15, 0.2) is 12.2 Å². The van der Waals surface area contributed by atoms with Crippen LogP contribution in [0.25, 0.3) is 0 Å². The van der Waals surface area contributed by atoms with Crippen molar-refractivity contribution >= 4 is 13.7 Å². The van der Waals surface area contributed by atoms with E-state index in [9.17, 15) is 50.0 Å². The predicted octanol–water partition coefficient (Wildman–Crippen LogP) is 11.3. The molecule has 68 heavy (non-hydrogen) atoms. The molecule has 1 amide bonds. The van der Waals surface area contributed by atoms with Gasteiger partial charge in [-0.05, 0) is 38.5 Å². The summed E-state index contributed by atoms with van der Waals surface area (Å²) >= 11 is 0. The van der Waals surface area contributed by atoms with E-state index < -0.39 is 75.2 Å². The Morgan fingerprint density at radius 1 is 0.500 bits per heavy atom. The van der Waals surface area contributed by atoms with Crippen LogP contribution in [-0.4, -0.2) is 108 Å². The van der Waals surface area contributed by atoms with E-state index in [1.165, 1.54) is 154 Å². The van der Waals surface area contributed by atoms with E-state index in [0.29, 0.717) is 12.8 Å². The minimum Gasteiger partial charge on any atom is -0.393 e. The standard InChI is InChI=1S/C54H106NO12P/c1-3-5-7-9-11-13-15-17-19-21-23-24-25-27-29-31-33-35-37-39-41-45(56)43-48(58)55-46(44-66-68(64,65)67-54-52(62)50(60)49(59)51(61)53(54)63)47(57)42-40-38-36-34-32-30-28-26-22-20-18-16-14-12-10-8-6-4-2/h25,27,45-47,49-54,56-57,59-63H,3-24,26,28-44H2,1-2H3,(H,55,58)(H,64,65)/b27-25-. The van der Waals surface area contributed by atoms with E-state index >= 15 is 0 Å². The number of rotatable bonds is 48. The third kappa shape index (κ3) is 34.4. The molecule has 404 valence electrons. The van der Waals surface area contributed by atoms with E-state index in [2.05, 4.69) is 31.3 Å². The van der Waals surface area contributed by atoms with Gasteiger partial charge in [-0.2, -0.15) is 0 Å². The summed E-state index contributed by atoms with van der Waals surface area (Å²) in [5, 5.41) is 75.0. The molecule has 0 aromatic rings. The molecule has 8 unspecified atom stereocenters. The maximum absolute atomic E-state index is 13.1. The Labute approximate surface area is 414 Å². The first-order chi connectivity index (χ1) is 32.8. The second-order valence-electron chi connectivity index (χ2n) is 20.3. The van der Waals surface area contributed by atoms with Crippen LogP contribution in [0.4, 0.5) is 0 Å². The lowest BCUT2D eigenvalue weighted by atomic mass is 9.85. The maximum atomic E-state index is 13.1. The van der Waals surface area contributed by atoms with Crippen molar-refractivity contribution < 1.29 is 59.0 Å². The van der Waals surface area contributed by atoms with Crippen LogP contribution in [0.2, 0.25) is 0 Å². The van der Waals surface area contributed by atoms with Gasteiger partial charge in [0, 0.05) is 0 Å². The second-order valence-corrected chi connectivity index (χ2v) is 21.7. The van der Waals surface area contributed by atoms with Gasteiger partial charge >= 0.3 is 7.82 Å². The monoisotopic (exact) mass is 992 g/mol. The number of hydrogen-bond donors (Lipinski definition) is 9. The average Bonchev–Trinajstić information content (AvgIpc) is 3.31. The molecule has 0 aliphatic heterocycles. The Kier molecular flexibility index (Phi) is 41.7. The van der Waals surface area contributed by atoms with Gasteiger partial charge in [-0.1, -0.05) is 231 Å². The van der Waals surface area contributed by atoms with Crippen LogP contribution in [0.5, 0.6) is 0 Å². The van der Waals surface area contributed by atoms with Crippen LogP contribution >= 0.6 is 7.82 Å². The van der Waals surface area contributed by atoms with Crippen molar-refractivity contribution in [1.29, 1.82) is 0 Å². The van der Waals surface area contributed by atoms with E-state index in [1.54, 1.807) is 0 Å². The van der Waals surface area contributed by atoms with Crippen molar-refractivity contribution in [2.75, 3.05) is 6.61 Å². The highest BCUT2D eigenvalue weighted by molar-refractivity contribution is 7.47. The van der Waals surface area contributed by atoms with E-state index in [4.69, 9.17) is 9.05 Å². The first kappa shape index (κ1) is 65.1. The van der Waals surface area contributed by atoms with Gasteiger partial charge in [-0.3, -0.25) is 13.8 Å². The first-order valence-electron chi connectivity index (χ1n) is 28.2. The molecule has 1 rings (SSSR count). The third-order valence-electron chi connectivity index (χ3n) is 13.9. The number of carbonyl (C=O) groups excluding carboxylic acids is 1. The van der Waals surface area contributed by atoms with Crippen molar-refractivity contribution in [2.24, 2.45) is 0 Å². The summed E-state index contributed by atoms with van der Waals surface area (Å²) < 4.78 is 23.0. The summed E-state index contributed by atoms with van der Waals surface area (Å²) in [6, 6.07) is -1.16. The molecule has 13 nitrogen and oxygen atoms in total. The number of aliphatic hydroxyl groups is 7. The van der Waals surface area contributed by atoms with Gasteiger partial charge in [0.1, 0.15) is 36.6 Å². The average molecular weight is 992 g/mol. The minimum atomic E-state index is -5.12. The molecule has 9 N–H and O–H groups in total. The highest BCUT2D eigenvalue weighted by Crippen LogP contribution is 2.47. The van der Waals surface area contributed by atoms with Crippen LogP contribution in [0.3, 0.4) is 0 Å². The SMILES string of the molecule is CCCCCCCCCCCCC/C=C\CCCCCCCC(O)CC(=O)NC(COP(=O)(O)OC1C(O)C(O)C(O)C(O)C1O)C(O)CCCCCCCCCCCCCCCCCCCC. The lowest BCUT2D eigenvalue weighted by Crippen LogP contribution is -2.64. The summed E-state index contributed by atoms with van der Waals surface area (Å²) in [6.45, 7) is 3.84. The van der Waals surface area contributed by atoms with Crippen LogP contribution in [0, 0.1) is 0 Å². The van der Waals surface area contributed by atoms with Gasteiger partial charge < -0.3 is 46.0 Å². The molecule has 1 aliphatic carbocycles. The quantitative estimate of drug-likeness (QED) is 0.0158. The van der Waals surface area contributed by atoms with Crippen molar-refractivity contribution in [3.63, 3.8) is 0 Å². The fourth-order valence-corrected chi connectivity index (χ4v) is 10.3. The normalized spacial score (nSPS) is 22.1. The molecule has 14 heteroatoms. The van der Waals surface area contributed by atoms with Gasteiger partial charge in [0.25, 0.3) is 0 Å². The van der Waals surface area contributed by atoms with Gasteiger partial charge in [-0.25, -0.2) is 4.57 Å². The number of allylic oxidation sites excluding steroid dienone is 2. The molecule has 0 saturated heterocycles. The number of phosphoric ester groups is 1. The molecule has 1 saturated carbocycles. The molecule has 1 fully saturated rings. The molecule has 0 radical (unpaired) electrons. The van der Waals surface area contributed by atoms with Crippen molar-refractivity contribution in [3.8, 4) is 0 Å². The molecule has 0 spiro atoms. The molecule has 0 heterocycles. The molecule has 0 aromatic carbocycles. The maximum Gasteiger partial charge on any atom is 0.472 e. The predicted molar refractivity (Wildman–Crippen MR) is 275 cm³/mol. The lowest BCUT2D eigenvalue weighted by molar-refractivity contribution is -0.220. The summed E-state index contributed by atoms with van der Waals surface area (Å²) in [7, 11) is -5.12. The lowest BCUT2D eigenvalue weighted by Gasteiger charge is -2.41. The highest BCUT2D eigenvalue weighted by atomic mass is 31.2. The Bertz CT molecular complexity index is 1210. The third-order valence-corrected chi connectivity index (χ3v) is 14.9. The number of aliphatic hydroxyl groups excluding tert-OH is 7. The Morgan fingerprint density at radius 3 is 1.21 bits per heavy atom. The molecule has 8 atom stereocenters. The van der Waals surface area contributed by atoms with Gasteiger partial charge in [-0.15, -0.1) is 0 Å². The van der Waals surface area contributed by atoms with Crippen molar-refractivity contribution in [2.45, 2.75) is 319 Å². The number of hydrogen-bond acceptors (Lipinski definition) is 11. The second kappa shape index (κ2) is 43.6. The molecule has 0 bridgehead atoms. The molecular weight excluding hydrogens is 886 g/mol. The summed E-state index contributed by atoms with van der Waals surface area (Å²) in [5.74, 6) is -0.560. The van der Waals surface area contributed by atoms with Crippen molar-refractivity contribution in [3.05, 3.63) is 12.2 Å². The number of amides is 1. The number of phosphoric acid groups is 1. The van der Waals surface area contributed by atoms with Crippen molar-refractivity contribution in [1.82, 2.24) is 5.32 Å². The zero-order valence-electron chi connectivity index (χ0n) is 43.3. The highest BCUT2D eigenvalue weighted by Gasteiger charge is 2.51. The van der Waals surface area contributed by atoms with Crippen LogP contribution in [0.1, 0.15) is 264 Å². The fourth-order valence-electron chi connectivity index (χ4n) is 9.30. The Morgan fingerprint density at radius 2 is 0.824 bits per heavy atom. The molecule has 1 aliphatic rings. The summed E-state index contributed by atoms with van der Waals surface area (Å²) in [6.07, 6.45) is 35.3. The number of unbranched alkanes of at least 4 members (excludes halogenated alkanes) is 33. The van der Waals surface area contributed by atoms with E-state index in [1.807, 2.05) is 0 Å².